The highest BCUT2D eigenvalue weighted by atomic mass is 32.2. The van der Waals surface area contributed by atoms with Crippen LogP contribution in [0.3, 0.4) is 0 Å². The van der Waals surface area contributed by atoms with Crippen LogP contribution in [0, 0.1) is 0 Å². The molecular weight excluding hydrogens is 468 g/mol. The van der Waals surface area contributed by atoms with Crippen molar-refractivity contribution in [3.63, 3.8) is 0 Å². The summed E-state index contributed by atoms with van der Waals surface area (Å²) in [6.07, 6.45) is 0. The Morgan fingerprint density at radius 2 is 1.68 bits per heavy atom. The van der Waals surface area contributed by atoms with Crippen molar-refractivity contribution in [3.05, 3.63) is 0 Å². The smallest absolute Gasteiger partial charge is 0.355 e. The average Bonchev–Trinajstić information content (AvgIpc) is 3.43. The highest BCUT2D eigenvalue weighted by Crippen LogP contribution is 2.30. The maximum atomic E-state index is 11.9. The molecule has 0 aromatic carbocycles. The van der Waals surface area contributed by atoms with E-state index in [1.165, 1.54) is 34.9 Å². The number of carbonyl (C=O) groups excluding carboxylic acids is 4. The first-order valence-electron chi connectivity index (χ1n) is 9.11. The Morgan fingerprint density at radius 3 is 2.39 bits per heavy atom. The van der Waals surface area contributed by atoms with E-state index in [4.69, 9.17) is 9.47 Å². The quantitative estimate of drug-likeness (QED) is 0.359. The zero-order chi connectivity index (χ0) is 22.4. The molecule has 3 rings (SSSR count). The molecule has 4 amide bonds. The highest BCUT2D eigenvalue weighted by Gasteiger charge is 2.34. The van der Waals surface area contributed by atoms with E-state index in [0.29, 0.717) is 20.1 Å². The number of nitrogens with one attached hydrogen (secondary N) is 2. The third-order valence-corrected chi connectivity index (χ3v) is 7.12. The van der Waals surface area contributed by atoms with E-state index in [1.54, 1.807) is 13.8 Å². The third kappa shape index (κ3) is 6.01. The number of amides is 4. The molecule has 0 bridgehead atoms. The van der Waals surface area contributed by atoms with E-state index in [0.717, 1.165) is 0 Å². The van der Waals surface area contributed by atoms with Gasteiger partial charge in [0.15, 0.2) is 20.4 Å². The van der Waals surface area contributed by atoms with Crippen molar-refractivity contribution in [1.29, 1.82) is 0 Å². The lowest BCUT2D eigenvalue weighted by Crippen LogP contribution is -2.41. The summed E-state index contributed by atoms with van der Waals surface area (Å²) in [7, 11) is 0. The molecular formula is C16H18N6O6S3. The Morgan fingerprint density at radius 1 is 1.00 bits per heavy atom. The lowest BCUT2D eigenvalue weighted by Gasteiger charge is -2.11. The fraction of sp³-hybridized carbons (Fsp3) is 0.500. The normalized spacial score (nSPS) is 20.1. The zero-order valence-corrected chi connectivity index (χ0v) is 18.9. The lowest BCUT2D eigenvalue weighted by molar-refractivity contribution is -0.143. The molecule has 0 aliphatic carbocycles. The van der Waals surface area contributed by atoms with Gasteiger partial charge in [-0.25, -0.2) is 19.2 Å². The number of esters is 2. The predicted octanol–water partition coefficient (Wildman–Crippen LogP) is 0.914. The molecule has 15 heteroatoms. The molecule has 31 heavy (non-hydrogen) atoms. The summed E-state index contributed by atoms with van der Waals surface area (Å²) < 4.78 is 11.1. The monoisotopic (exact) mass is 486 g/mol. The minimum atomic E-state index is -0.895. The number of urea groups is 2. The van der Waals surface area contributed by atoms with Crippen LogP contribution >= 0.6 is 34.9 Å². The second kappa shape index (κ2) is 10.7. The van der Waals surface area contributed by atoms with Crippen molar-refractivity contribution in [3.8, 4) is 0 Å². The van der Waals surface area contributed by atoms with Gasteiger partial charge in [-0.2, -0.15) is 9.98 Å². The van der Waals surface area contributed by atoms with Gasteiger partial charge in [0.05, 0.1) is 25.0 Å². The van der Waals surface area contributed by atoms with Crippen LogP contribution in [0.2, 0.25) is 0 Å². The van der Waals surface area contributed by atoms with Gasteiger partial charge in [0.2, 0.25) is 0 Å². The molecule has 2 aliphatic rings. The molecule has 0 spiro atoms. The van der Waals surface area contributed by atoms with Crippen molar-refractivity contribution in [2.75, 3.05) is 24.7 Å². The third-order valence-electron chi connectivity index (χ3n) is 3.81. The maximum Gasteiger partial charge on any atom is 0.355 e. The van der Waals surface area contributed by atoms with E-state index < -0.39 is 36.1 Å². The molecule has 2 unspecified atom stereocenters. The van der Waals surface area contributed by atoms with Gasteiger partial charge >= 0.3 is 24.0 Å². The molecule has 1 aromatic heterocycles. The molecule has 2 atom stereocenters. The van der Waals surface area contributed by atoms with Crippen LogP contribution in [0.25, 0.3) is 0 Å². The van der Waals surface area contributed by atoms with E-state index in [2.05, 4.69) is 30.8 Å². The van der Waals surface area contributed by atoms with Gasteiger partial charge in [-0.15, -0.1) is 10.2 Å². The van der Waals surface area contributed by atoms with Crippen molar-refractivity contribution >= 4 is 70.3 Å². The minimum absolute atomic E-state index is 0.0416. The van der Waals surface area contributed by atoms with Crippen LogP contribution in [-0.2, 0) is 19.1 Å². The Kier molecular flexibility index (Phi) is 7.97. The number of ether oxygens (including phenoxy) is 2. The standard InChI is InChI=1S/C16H18N6O6S3/c1-3-27-11(23)9-7(17-13(25)19-9)5-29-15-21-22-16(31-15)30-6-8-10(12(24)28-4-2)20-14(26)18-8/h7,10H,3-6H2,1-2H3,(H,17,25)(H,20,26). The van der Waals surface area contributed by atoms with E-state index in [-0.39, 0.29) is 24.7 Å². The second-order valence-corrected chi connectivity index (χ2v) is 9.36. The summed E-state index contributed by atoms with van der Waals surface area (Å²) in [6.45, 7) is 3.74. The Balaban J connectivity index is 1.53. The first kappa shape index (κ1) is 23.1. The van der Waals surface area contributed by atoms with Crippen molar-refractivity contribution in [2.24, 2.45) is 9.98 Å². The van der Waals surface area contributed by atoms with Crippen LogP contribution < -0.4 is 10.6 Å². The van der Waals surface area contributed by atoms with Crippen LogP contribution in [-0.4, -0.2) is 82.4 Å². The zero-order valence-electron chi connectivity index (χ0n) is 16.4. The molecule has 0 fully saturated rings. The summed E-state index contributed by atoms with van der Waals surface area (Å²) in [4.78, 5) is 54.4. The van der Waals surface area contributed by atoms with Gasteiger partial charge in [-0.1, -0.05) is 34.9 Å². The molecule has 0 saturated heterocycles. The van der Waals surface area contributed by atoms with Crippen molar-refractivity contribution < 1.29 is 28.7 Å². The molecule has 3 heterocycles. The molecule has 2 aliphatic heterocycles. The van der Waals surface area contributed by atoms with Gasteiger partial charge < -0.3 is 20.1 Å². The topological polar surface area (TPSA) is 161 Å². The average molecular weight is 487 g/mol. The summed E-state index contributed by atoms with van der Waals surface area (Å²) in [5, 5.41) is 13.2. The van der Waals surface area contributed by atoms with Gasteiger partial charge in [-0.3, -0.25) is 0 Å². The number of aromatic nitrogens is 2. The van der Waals surface area contributed by atoms with Gasteiger partial charge in [0.25, 0.3) is 0 Å². The molecule has 12 nitrogen and oxygen atoms in total. The fourth-order valence-corrected chi connectivity index (χ4v) is 5.57. The Bertz CT molecular complexity index is 948. The van der Waals surface area contributed by atoms with Gasteiger partial charge in [0, 0.05) is 11.5 Å². The molecule has 0 saturated carbocycles. The number of rotatable bonds is 10. The summed E-state index contributed by atoms with van der Waals surface area (Å²) in [5.41, 5.74) is 0.404. The van der Waals surface area contributed by atoms with Crippen LogP contribution in [0.4, 0.5) is 9.59 Å². The molecule has 0 radical (unpaired) electrons. The van der Waals surface area contributed by atoms with Crippen LogP contribution in [0.15, 0.2) is 18.7 Å². The molecule has 1 aromatic rings. The number of thioether (sulfide) groups is 2. The number of nitrogens with zero attached hydrogens (tertiary/aromatic N) is 4. The summed E-state index contributed by atoms with van der Waals surface area (Å²) in [5.74, 6) is -0.589. The van der Waals surface area contributed by atoms with Crippen LogP contribution in [0.1, 0.15) is 13.8 Å². The van der Waals surface area contributed by atoms with Crippen molar-refractivity contribution in [2.45, 2.75) is 34.6 Å². The van der Waals surface area contributed by atoms with Crippen molar-refractivity contribution in [1.82, 2.24) is 20.8 Å². The number of hydrogen-bond acceptors (Lipinski definition) is 11. The Labute approximate surface area is 189 Å². The van der Waals surface area contributed by atoms with E-state index >= 15 is 0 Å². The largest absolute Gasteiger partial charge is 0.464 e. The number of aliphatic imine (C=N–C) groups is 2. The summed E-state index contributed by atoms with van der Waals surface area (Å²) in [6, 6.07) is -2.64. The van der Waals surface area contributed by atoms with E-state index in [9.17, 15) is 19.2 Å². The van der Waals surface area contributed by atoms with Gasteiger partial charge in [0.1, 0.15) is 0 Å². The number of hydrogen-bond donors (Lipinski definition) is 2. The Hall–Kier alpha value is -2.52. The lowest BCUT2D eigenvalue weighted by atomic mass is 10.2. The first-order chi connectivity index (χ1) is 14.9. The number of carbonyl (C=O) groups is 4. The summed E-state index contributed by atoms with van der Waals surface area (Å²) >= 11 is 3.89. The van der Waals surface area contributed by atoms with Gasteiger partial charge in [-0.05, 0) is 13.8 Å². The molecule has 166 valence electrons. The fourth-order valence-electron chi connectivity index (χ4n) is 2.52. The molecule has 2 N–H and O–H groups in total. The minimum Gasteiger partial charge on any atom is -0.464 e. The second-order valence-electron chi connectivity index (χ2n) is 5.89. The van der Waals surface area contributed by atoms with E-state index in [1.807, 2.05) is 0 Å². The first-order valence-corrected chi connectivity index (χ1v) is 11.9. The predicted molar refractivity (Wildman–Crippen MR) is 114 cm³/mol. The maximum absolute atomic E-state index is 11.9. The highest BCUT2D eigenvalue weighted by molar-refractivity contribution is 8.03. The van der Waals surface area contributed by atoms with Crippen LogP contribution in [0.5, 0.6) is 0 Å². The SMILES string of the molecule is CCOC(=O)C1=NC(=O)NC1CSc1nnc(SCC2=NC(=O)NC2C(=O)OCC)s1.